The molecule has 1 atom stereocenters. The zero-order chi connectivity index (χ0) is 13.8. The van der Waals surface area contributed by atoms with Crippen molar-refractivity contribution in [2.75, 3.05) is 25.1 Å². The summed E-state index contributed by atoms with van der Waals surface area (Å²) >= 11 is 0. The van der Waals surface area contributed by atoms with E-state index in [0.717, 1.165) is 30.3 Å². The molecule has 3 heteroatoms. The molecule has 19 heavy (non-hydrogen) atoms. The molecule has 1 saturated carbocycles. The van der Waals surface area contributed by atoms with Crippen molar-refractivity contribution in [1.82, 2.24) is 0 Å². The van der Waals surface area contributed by atoms with E-state index < -0.39 is 0 Å². The highest BCUT2D eigenvalue weighted by atomic mass is 16.5. The molecule has 0 heterocycles. The molecule has 0 radical (unpaired) electrons. The molecule has 0 saturated heterocycles. The molecule has 0 bridgehead atoms. The van der Waals surface area contributed by atoms with Crippen LogP contribution >= 0.6 is 0 Å². The van der Waals surface area contributed by atoms with Crippen LogP contribution in [0.15, 0.2) is 18.2 Å². The lowest BCUT2D eigenvalue weighted by Crippen LogP contribution is -2.33. The van der Waals surface area contributed by atoms with Gasteiger partial charge in [0.15, 0.2) is 0 Å². The third kappa shape index (κ3) is 3.03. The van der Waals surface area contributed by atoms with Crippen LogP contribution in [-0.2, 0) is 0 Å². The average molecular weight is 262 g/mol. The summed E-state index contributed by atoms with van der Waals surface area (Å²) in [5.41, 5.74) is 8.52. The predicted octanol–water partition coefficient (Wildman–Crippen LogP) is 3.34. The zero-order valence-corrected chi connectivity index (χ0v) is 12.4. The van der Waals surface area contributed by atoms with Gasteiger partial charge in [-0.15, -0.1) is 0 Å². The zero-order valence-electron chi connectivity index (χ0n) is 12.4. The summed E-state index contributed by atoms with van der Waals surface area (Å²) in [4.78, 5) is 2.45. The van der Waals surface area contributed by atoms with E-state index >= 15 is 0 Å². The molecule has 0 spiro atoms. The lowest BCUT2D eigenvalue weighted by Gasteiger charge is -2.35. The Kier molecular flexibility index (Phi) is 4.70. The highest BCUT2D eigenvalue weighted by molar-refractivity contribution is 5.60. The third-order valence-electron chi connectivity index (χ3n) is 4.14. The maximum Gasteiger partial charge on any atom is 0.125 e. The molecule has 1 aromatic carbocycles. The number of hydrogen-bond donors (Lipinski definition) is 1. The lowest BCUT2D eigenvalue weighted by atomic mass is 9.85. The van der Waals surface area contributed by atoms with Crippen molar-refractivity contribution in [2.24, 2.45) is 11.7 Å². The average Bonchev–Trinajstić information content (AvgIpc) is 2.36. The van der Waals surface area contributed by atoms with Crippen molar-refractivity contribution in [2.45, 2.75) is 39.2 Å². The number of methoxy groups -OCH3 is 1. The standard InChI is InChI=1S/C16H26N2O/c1-4-18(11-13-7-5-8-13)14-9-6-10-15(19-3)16(14)12(2)17/h6,9-10,12-13H,4-5,7-8,11,17H2,1-3H3. The van der Waals surface area contributed by atoms with Gasteiger partial charge in [0, 0.05) is 30.4 Å². The first-order valence-electron chi connectivity index (χ1n) is 7.34. The van der Waals surface area contributed by atoms with Gasteiger partial charge in [0.25, 0.3) is 0 Å². The lowest BCUT2D eigenvalue weighted by molar-refractivity contribution is 0.318. The van der Waals surface area contributed by atoms with Crippen molar-refractivity contribution in [1.29, 1.82) is 0 Å². The topological polar surface area (TPSA) is 38.5 Å². The van der Waals surface area contributed by atoms with E-state index in [1.54, 1.807) is 7.11 Å². The molecule has 2 rings (SSSR count). The minimum Gasteiger partial charge on any atom is -0.496 e. The van der Waals surface area contributed by atoms with Crippen LogP contribution in [0.4, 0.5) is 5.69 Å². The highest BCUT2D eigenvalue weighted by Crippen LogP contribution is 2.35. The Morgan fingerprint density at radius 2 is 2.16 bits per heavy atom. The Morgan fingerprint density at radius 1 is 1.42 bits per heavy atom. The van der Waals surface area contributed by atoms with Gasteiger partial charge in [-0.3, -0.25) is 0 Å². The first-order valence-corrected chi connectivity index (χ1v) is 7.34. The predicted molar refractivity (Wildman–Crippen MR) is 80.8 cm³/mol. The van der Waals surface area contributed by atoms with E-state index in [-0.39, 0.29) is 6.04 Å². The van der Waals surface area contributed by atoms with Crippen LogP contribution in [0.1, 0.15) is 44.7 Å². The molecule has 0 amide bonds. The van der Waals surface area contributed by atoms with Crippen molar-refractivity contribution >= 4 is 5.69 Å². The number of ether oxygens (including phenoxy) is 1. The number of nitrogens with two attached hydrogens (primary N) is 1. The molecule has 1 aliphatic carbocycles. The fraction of sp³-hybridized carbons (Fsp3) is 0.625. The Morgan fingerprint density at radius 3 is 2.63 bits per heavy atom. The maximum absolute atomic E-state index is 6.15. The SMILES string of the molecule is CCN(CC1CCC1)c1cccc(OC)c1C(C)N. The molecular weight excluding hydrogens is 236 g/mol. The van der Waals surface area contributed by atoms with Crippen molar-refractivity contribution in [3.05, 3.63) is 23.8 Å². The molecule has 3 nitrogen and oxygen atoms in total. The van der Waals surface area contributed by atoms with E-state index in [1.165, 1.54) is 24.9 Å². The normalized spacial score (nSPS) is 16.8. The smallest absolute Gasteiger partial charge is 0.125 e. The summed E-state index contributed by atoms with van der Waals surface area (Å²) in [6.45, 7) is 6.40. The molecule has 2 N–H and O–H groups in total. The first kappa shape index (κ1) is 14.2. The van der Waals surface area contributed by atoms with Gasteiger partial charge in [-0.2, -0.15) is 0 Å². The van der Waals surface area contributed by atoms with Crippen LogP contribution in [0, 0.1) is 5.92 Å². The summed E-state index contributed by atoms with van der Waals surface area (Å²) in [6.07, 6.45) is 4.13. The highest BCUT2D eigenvalue weighted by Gasteiger charge is 2.23. The van der Waals surface area contributed by atoms with E-state index in [9.17, 15) is 0 Å². The number of benzene rings is 1. The monoisotopic (exact) mass is 262 g/mol. The second-order valence-electron chi connectivity index (χ2n) is 5.52. The van der Waals surface area contributed by atoms with Gasteiger partial charge in [0.2, 0.25) is 0 Å². The van der Waals surface area contributed by atoms with Crippen LogP contribution in [0.2, 0.25) is 0 Å². The van der Waals surface area contributed by atoms with E-state index in [1.807, 2.05) is 13.0 Å². The Hall–Kier alpha value is -1.22. The van der Waals surface area contributed by atoms with Crippen LogP contribution in [0.25, 0.3) is 0 Å². The van der Waals surface area contributed by atoms with Crippen molar-refractivity contribution in [3.8, 4) is 5.75 Å². The number of hydrogen-bond acceptors (Lipinski definition) is 3. The molecule has 1 aliphatic rings. The van der Waals surface area contributed by atoms with Crippen LogP contribution in [0.5, 0.6) is 5.75 Å². The van der Waals surface area contributed by atoms with Gasteiger partial charge in [-0.1, -0.05) is 12.5 Å². The second kappa shape index (κ2) is 6.29. The molecule has 1 fully saturated rings. The molecular formula is C16H26N2O. The van der Waals surface area contributed by atoms with Gasteiger partial charge >= 0.3 is 0 Å². The van der Waals surface area contributed by atoms with E-state index in [2.05, 4.69) is 24.0 Å². The maximum atomic E-state index is 6.15. The molecule has 0 aliphatic heterocycles. The number of nitrogens with zero attached hydrogens (tertiary/aromatic N) is 1. The Balaban J connectivity index is 2.29. The Labute approximate surface area is 116 Å². The van der Waals surface area contributed by atoms with Crippen LogP contribution in [0.3, 0.4) is 0 Å². The molecule has 0 aromatic heterocycles. The van der Waals surface area contributed by atoms with Gasteiger partial charge in [-0.25, -0.2) is 0 Å². The quantitative estimate of drug-likeness (QED) is 0.854. The van der Waals surface area contributed by atoms with Gasteiger partial charge < -0.3 is 15.4 Å². The minimum absolute atomic E-state index is 0.0124. The minimum atomic E-state index is -0.0124. The number of anilines is 1. The summed E-state index contributed by atoms with van der Waals surface area (Å²) in [5, 5.41) is 0. The largest absolute Gasteiger partial charge is 0.496 e. The second-order valence-corrected chi connectivity index (χ2v) is 5.52. The fourth-order valence-electron chi connectivity index (χ4n) is 2.83. The fourth-order valence-corrected chi connectivity index (χ4v) is 2.83. The van der Waals surface area contributed by atoms with Crippen molar-refractivity contribution in [3.63, 3.8) is 0 Å². The summed E-state index contributed by atoms with van der Waals surface area (Å²) in [5.74, 6) is 1.76. The third-order valence-corrected chi connectivity index (χ3v) is 4.14. The van der Waals surface area contributed by atoms with Crippen LogP contribution in [-0.4, -0.2) is 20.2 Å². The van der Waals surface area contributed by atoms with Gasteiger partial charge in [0.1, 0.15) is 5.75 Å². The van der Waals surface area contributed by atoms with Crippen molar-refractivity contribution < 1.29 is 4.74 Å². The van der Waals surface area contributed by atoms with E-state index in [4.69, 9.17) is 10.5 Å². The molecule has 1 aromatic rings. The molecule has 106 valence electrons. The Bertz CT molecular complexity index is 413. The van der Waals surface area contributed by atoms with E-state index in [0.29, 0.717) is 0 Å². The van der Waals surface area contributed by atoms with Gasteiger partial charge in [-0.05, 0) is 44.7 Å². The van der Waals surface area contributed by atoms with Crippen LogP contribution < -0.4 is 15.4 Å². The summed E-state index contributed by atoms with van der Waals surface area (Å²) in [7, 11) is 1.72. The number of rotatable bonds is 6. The summed E-state index contributed by atoms with van der Waals surface area (Å²) in [6, 6.07) is 6.22. The van der Waals surface area contributed by atoms with Gasteiger partial charge in [0.05, 0.1) is 7.11 Å². The summed E-state index contributed by atoms with van der Waals surface area (Å²) < 4.78 is 5.48. The molecule has 1 unspecified atom stereocenters. The first-order chi connectivity index (χ1) is 9.17.